The SMILES string of the molecule is CCC(CC)(NCc1ccnc(C)n1)C(=O)O. The first-order chi connectivity index (χ1) is 8.04. The van der Waals surface area contributed by atoms with Gasteiger partial charge in [0.25, 0.3) is 0 Å². The molecule has 0 fully saturated rings. The summed E-state index contributed by atoms with van der Waals surface area (Å²) in [6.07, 6.45) is 2.77. The van der Waals surface area contributed by atoms with E-state index in [2.05, 4.69) is 15.3 Å². The van der Waals surface area contributed by atoms with Crippen LogP contribution in [-0.2, 0) is 11.3 Å². The molecule has 1 rings (SSSR count). The second-order valence-electron chi connectivity index (χ2n) is 4.04. The molecule has 0 unspecified atom stereocenters. The molecule has 1 aromatic rings. The third kappa shape index (κ3) is 3.23. The van der Waals surface area contributed by atoms with Crippen LogP contribution < -0.4 is 5.32 Å². The fraction of sp³-hybridized carbons (Fsp3) is 0.583. The maximum Gasteiger partial charge on any atom is 0.323 e. The number of aromatic nitrogens is 2. The topological polar surface area (TPSA) is 75.1 Å². The van der Waals surface area contributed by atoms with Crippen molar-refractivity contribution in [1.29, 1.82) is 0 Å². The van der Waals surface area contributed by atoms with Crippen molar-refractivity contribution in [2.24, 2.45) is 0 Å². The van der Waals surface area contributed by atoms with Gasteiger partial charge in [0.1, 0.15) is 11.4 Å². The standard InChI is InChI=1S/C12H19N3O2/c1-4-12(5-2,11(16)17)14-8-10-6-7-13-9(3)15-10/h6-7,14H,4-5,8H2,1-3H3,(H,16,17). The van der Waals surface area contributed by atoms with E-state index in [1.54, 1.807) is 12.3 Å². The molecule has 0 aliphatic carbocycles. The summed E-state index contributed by atoms with van der Waals surface area (Å²) in [5, 5.41) is 12.3. The van der Waals surface area contributed by atoms with Gasteiger partial charge >= 0.3 is 5.97 Å². The molecule has 1 aromatic heterocycles. The zero-order valence-corrected chi connectivity index (χ0v) is 10.5. The van der Waals surface area contributed by atoms with E-state index in [4.69, 9.17) is 0 Å². The highest BCUT2D eigenvalue weighted by Gasteiger charge is 2.33. The van der Waals surface area contributed by atoms with Gasteiger partial charge in [0.15, 0.2) is 0 Å². The van der Waals surface area contributed by atoms with Gasteiger partial charge in [0.05, 0.1) is 5.69 Å². The second kappa shape index (κ2) is 5.72. The Kier molecular flexibility index (Phi) is 4.57. The maximum absolute atomic E-state index is 11.3. The monoisotopic (exact) mass is 237 g/mol. The Bertz CT molecular complexity index is 389. The van der Waals surface area contributed by atoms with Crippen LogP contribution in [0.15, 0.2) is 12.3 Å². The van der Waals surface area contributed by atoms with Gasteiger partial charge in [0, 0.05) is 12.7 Å². The first-order valence-electron chi connectivity index (χ1n) is 5.81. The average molecular weight is 237 g/mol. The minimum Gasteiger partial charge on any atom is -0.480 e. The number of carboxylic acid groups (broad SMARTS) is 1. The summed E-state index contributed by atoms with van der Waals surface area (Å²) < 4.78 is 0. The molecule has 2 N–H and O–H groups in total. The highest BCUT2D eigenvalue weighted by atomic mass is 16.4. The number of nitrogens with zero attached hydrogens (tertiary/aromatic N) is 2. The zero-order valence-electron chi connectivity index (χ0n) is 10.5. The van der Waals surface area contributed by atoms with Crippen LogP contribution in [0.25, 0.3) is 0 Å². The summed E-state index contributed by atoms with van der Waals surface area (Å²) in [7, 11) is 0. The Balaban J connectivity index is 2.74. The highest BCUT2D eigenvalue weighted by molar-refractivity contribution is 5.78. The molecular weight excluding hydrogens is 218 g/mol. The number of carbonyl (C=O) groups is 1. The third-order valence-corrected chi connectivity index (χ3v) is 3.06. The summed E-state index contributed by atoms with van der Waals surface area (Å²) in [5.41, 5.74) is -0.0520. The number of carboxylic acids is 1. The molecule has 0 aromatic carbocycles. The largest absolute Gasteiger partial charge is 0.480 e. The van der Waals surface area contributed by atoms with Crippen LogP contribution >= 0.6 is 0 Å². The van der Waals surface area contributed by atoms with Crippen molar-refractivity contribution in [3.63, 3.8) is 0 Å². The van der Waals surface area contributed by atoms with E-state index in [0.29, 0.717) is 25.2 Å². The molecule has 94 valence electrons. The van der Waals surface area contributed by atoms with Crippen LogP contribution in [0.2, 0.25) is 0 Å². The van der Waals surface area contributed by atoms with Crippen molar-refractivity contribution in [3.8, 4) is 0 Å². The van der Waals surface area contributed by atoms with Gasteiger partial charge in [-0.15, -0.1) is 0 Å². The second-order valence-corrected chi connectivity index (χ2v) is 4.04. The fourth-order valence-corrected chi connectivity index (χ4v) is 1.74. The predicted octanol–water partition coefficient (Wildman–Crippen LogP) is 1.52. The minimum atomic E-state index is -0.862. The van der Waals surface area contributed by atoms with Crippen molar-refractivity contribution < 1.29 is 9.90 Å². The molecule has 0 aliphatic heterocycles. The van der Waals surface area contributed by atoms with Gasteiger partial charge in [-0.05, 0) is 25.8 Å². The van der Waals surface area contributed by atoms with Crippen molar-refractivity contribution in [1.82, 2.24) is 15.3 Å². The van der Waals surface area contributed by atoms with Gasteiger partial charge < -0.3 is 5.11 Å². The van der Waals surface area contributed by atoms with E-state index in [1.807, 2.05) is 20.8 Å². The van der Waals surface area contributed by atoms with Gasteiger partial charge in [0.2, 0.25) is 0 Å². The van der Waals surface area contributed by atoms with E-state index >= 15 is 0 Å². The lowest BCUT2D eigenvalue weighted by Crippen LogP contribution is -2.50. The molecule has 0 atom stereocenters. The molecule has 0 bridgehead atoms. The number of rotatable bonds is 6. The molecule has 0 amide bonds. The molecule has 0 aliphatic rings. The zero-order chi connectivity index (χ0) is 12.9. The molecule has 0 radical (unpaired) electrons. The number of hydrogen-bond acceptors (Lipinski definition) is 4. The quantitative estimate of drug-likeness (QED) is 0.784. The first kappa shape index (κ1) is 13.6. The van der Waals surface area contributed by atoms with Gasteiger partial charge in [-0.25, -0.2) is 9.97 Å². The number of aliphatic carboxylic acids is 1. The fourth-order valence-electron chi connectivity index (χ4n) is 1.74. The maximum atomic E-state index is 11.3. The Labute approximate surface area is 101 Å². The Morgan fingerprint density at radius 2 is 2.12 bits per heavy atom. The molecule has 17 heavy (non-hydrogen) atoms. The molecule has 0 spiro atoms. The van der Waals surface area contributed by atoms with E-state index in [1.165, 1.54) is 0 Å². The van der Waals surface area contributed by atoms with Crippen molar-refractivity contribution in [2.75, 3.05) is 0 Å². The van der Waals surface area contributed by atoms with Gasteiger partial charge in [-0.3, -0.25) is 10.1 Å². The van der Waals surface area contributed by atoms with Crippen LogP contribution in [0.4, 0.5) is 0 Å². The normalized spacial score (nSPS) is 11.5. The lowest BCUT2D eigenvalue weighted by Gasteiger charge is -2.28. The number of aryl methyl sites for hydroxylation is 1. The Morgan fingerprint density at radius 1 is 1.47 bits per heavy atom. The summed E-state index contributed by atoms with van der Waals surface area (Å²) in [5.74, 6) is -0.119. The van der Waals surface area contributed by atoms with Crippen molar-refractivity contribution >= 4 is 5.97 Å². The predicted molar refractivity (Wildman–Crippen MR) is 64.6 cm³/mol. The van der Waals surface area contributed by atoms with Gasteiger partial charge in [-0.2, -0.15) is 0 Å². The third-order valence-electron chi connectivity index (χ3n) is 3.06. The number of hydrogen-bond donors (Lipinski definition) is 2. The summed E-state index contributed by atoms with van der Waals surface area (Å²) >= 11 is 0. The summed E-state index contributed by atoms with van der Waals surface area (Å²) in [4.78, 5) is 19.5. The Hall–Kier alpha value is -1.49. The van der Waals surface area contributed by atoms with Gasteiger partial charge in [-0.1, -0.05) is 13.8 Å². The van der Waals surface area contributed by atoms with E-state index < -0.39 is 11.5 Å². The summed E-state index contributed by atoms with van der Waals surface area (Å²) in [6.45, 7) is 6.00. The molecule has 1 heterocycles. The highest BCUT2D eigenvalue weighted by Crippen LogP contribution is 2.16. The molecule has 5 nitrogen and oxygen atoms in total. The average Bonchev–Trinajstić information content (AvgIpc) is 2.31. The molecular formula is C12H19N3O2. The van der Waals surface area contributed by atoms with E-state index in [0.717, 1.165) is 5.69 Å². The van der Waals surface area contributed by atoms with Crippen molar-refractivity contribution in [3.05, 3.63) is 23.8 Å². The Morgan fingerprint density at radius 3 is 2.59 bits per heavy atom. The smallest absolute Gasteiger partial charge is 0.323 e. The van der Waals surface area contributed by atoms with Crippen molar-refractivity contribution in [2.45, 2.75) is 45.7 Å². The molecule has 0 saturated heterocycles. The molecule has 5 heteroatoms. The van der Waals surface area contributed by atoms with Crippen LogP contribution in [0, 0.1) is 6.92 Å². The van der Waals surface area contributed by atoms with Crippen LogP contribution in [-0.4, -0.2) is 26.6 Å². The minimum absolute atomic E-state index is 0.442. The summed E-state index contributed by atoms with van der Waals surface area (Å²) in [6, 6.07) is 1.79. The van der Waals surface area contributed by atoms with E-state index in [9.17, 15) is 9.90 Å². The first-order valence-corrected chi connectivity index (χ1v) is 5.81. The van der Waals surface area contributed by atoms with E-state index in [-0.39, 0.29) is 0 Å². The van der Waals surface area contributed by atoms with Crippen LogP contribution in [0.5, 0.6) is 0 Å². The lowest BCUT2D eigenvalue weighted by atomic mass is 9.93. The van der Waals surface area contributed by atoms with Crippen LogP contribution in [0.1, 0.15) is 38.2 Å². The lowest BCUT2D eigenvalue weighted by molar-refractivity contribution is -0.145. The molecule has 0 saturated carbocycles. The number of nitrogens with one attached hydrogen (secondary N) is 1. The van der Waals surface area contributed by atoms with Crippen LogP contribution in [0.3, 0.4) is 0 Å².